The first kappa shape index (κ1) is 23.6. The van der Waals surface area contributed by atoms with Crippen LogP contribution in [0.15, 0.2) is 60.7 Å². The summed E-state index contributed by atoms with van der Waals surface area (Å²) >= 11 is 0. The molecule has 6 heteroatoms. The molecule has 1 aromatic carbocycles. The van der Waals surface area contributed by atoms with Gasteiger partial charge in [0.15, 0.2) is 0 Å². The molecule has 4 rings (SSSR count). The minimum absolute atomic E-state index is 0.122. The summed E-state index contributed by atoms with van der Waals surface area (Å²) < 4.78 is 26.3. The highest BCUT2D eigenvalue weighted by Gasteiger charge is 2.65. The second-order valence-electron chi connectivity index (χ2n) is 11.2. The van der Waals surface area contributed by atoms with Crippen LogP contribution in [-0.2, 0) is 18.6 Å². The maximum absolute atomic E-state index is 6.62. The highest BCUT2D eigenvalue weighted by Crippen LogP contribution is 2.58. The summed E-state index contributed by atoms with van der Waals surface area (Å²) in [6.07, 6.45) is 12.8. The van der Waals surface area contributed by atoms with Gasteiger partial charge in [-0.2, -0.15) is 0 Å². The lowest BCUT2D eigenvalue weighted by atomic mass is 9.41. The van der Waals surface area contributed by atoms with Gasteiger partial charge in [0, 0.05) is 11.1 Å². The first-order valence-electron chi connectivity index (χ1n) is 11.6. The van der Waals surface area contributed by atoms with Crippen molar-refractivity contribution in [2.24, 2.45) is 0 Å². The molecule has 1 aromatic rings. The second kappa shape index (κ2) is 7.73. The Morgan fingerprint density at radius 3 is 1.81 bits per heavy atom. The van der Waals surface area contributed by atoms with E-state index in [9.17, 15) is 0 Å². The lowest BCUT2D eigenvalue weighted by molar-refractivity contribution is 0.00578. The molecule has 4 nitrogen and oxygen atoms in total. The molecule has 2 atom stereocenters. The van der Waals surface area contributed by atoms with Crippen molar-refractivity contribution in [1.82, 2.24) is 0 Å². The van der Waals surface area contributed by atoms with Crippen molar-refractivity contribution in [3.05, 3.63) is 66.3 Å². The van der Waals surface area contributed by atoms with Crippen molar-refractivity contribution >= 4 is 20.3 Å². The molecular formula is C26H36B2O4. The summed E-state index contributed by atoms with van der Waals surface area (Å²) in [4.78, 5) is 0. The molecule has 0 unspecified atom stereocenters. The van der Waals surface area contributed by atoms with Gasteiger partial charge in [-0.25, -0.2) is 0 Å². The highest BCUT2D eigenvalue weighted by molar-refractivity contribution is 6.58. The van der Waals surface area contributed by atoms with E-state index in [0.717, 1.165) is 5.56 Å². The van der Waals surface area contributed by atoms with Gasteiger partial charge in [-0.15, -0.1) is 0 Å². The molecule has 32 heavy (non-hydrogen) atoms. The first-order chi connectivity index (χ1) is 14.8. The van der Waals surface area contributed by atoms with Crippen LogP contribution >= 0.6 is 0 Å². The smallest absolute Gasteiger partial charge is 0.403 e. The van der Waals surface area contributed by atoms with Crippen LogP contribution in [0.3, 0.4) is 0 Å². The van der Waals surface area contributed by atoms with Gasteiger partial charge in [0.25, 0.3) is 0 Å². The van der Waals surface area contributed by atoms with Crippen LogP contribution in [0.4, 0.5) is 0 Å². The maximum Gasteiger partial charge on any atom is 0.472 e. The van der Waals surface area contributed by atoms with E-state index in [1.165, 1.54) is 0 Å². The fraction of sp³-hybridized carbons (Fsp3) is 0.538. The van der Waals surface area contributed by atoms with Gasteiger partial charge < -0.3 is 18.6 Å². The predicted molar refractivity (Wildman–Crippen MR) is 132 cm³/mol. The zero-order valence-corrected chi connectivity index (χ0v) is 20.7. The molecule has 3 aliphatic rings. The summed E-state index contributed by atoms with van der Waals surface area (Å²) in [7, 11) is -0.918. The van der Waals surface area contributed by atoms with E-state index in [-0.39, 0.29) is 5.82 Å². The molecular weight excluding hydrogens is 398 g/mol. The van der Waals surface area contributed by atoms with Crippen LogP contribution in [0.25, 0.3) is 6.08 Å². The topological polar surface area (TPSA) is 36.9 Å². The first-order valence-corrected chi connectivity index (χ1v) is 11.6. The molecule has 2 heterocycles. The fourth-order valence-electron chi connectivity index (χ4n) is 4.38. The van der Waals surface area contributed by atoms with E-state index < -0.39 is 42.0 Å². The van der Waals surface area contributed by atoms with E-state index in [0.29, 0.717) is 0 Å². The third-order valence-corrected chi connectivity index (χ3v) is 7.98. The lowest BCUT2D eigenvalue weighted by Crippen LogP contribution is -2.43. The van der Waals surface area contributed by atoms with Crippen molar-refractivity contribution in [3.63, 3.8) is 0 Å². The summed E-state index contributed by atoms with van der Waals surface area (Å²) in [6.45, 7) is 16.7. The Morgan fingerprint density at radius 1 is 0.719 bits per heavy atom. The predicted octanol–water partition coefficient (Wildman–Crippen LogP) is 6.12. The Hall–Kier alpha value is -1.59. The average Bonchev–Trinajstić information content (AvgIpc) is 3.07. The molecule has 170 valence electrons. The Morgan fingerprint density at radius 2 is 1.25 bits per heavy atom. The molecule has 1 aliphatic carbocycles. The molecule has 0 radical (unpaired) electrons. The number of allylic oxidation sites excluding steroid dienone is 5. The highest BCUT2D eigenvalue weighted by atomic mass is 16.7. The van der Waals surface area contributed by atoms with Crippen molar-refractivity contribution in [1.29, 1.82) is 0 Å². The van der Waals surface area contributed by atoms with Crippen LogP contribution in [-0.4, -0.2) is 36.6 Å². The van der Waals surface area contributed by atoms with E-state index in [1.807, 2.05) is 18.2 Å². The van der Waals surface area contributed by atoms with Gasteiger partial charge in [-0.05, 0) is 61.0 Å². The van der Waals surface area contributed by atoms with Crippen LogP contribution in [0.2, 0.25) is 11.1 Å². The largest absolute Gasteiger partial charge is 0.472 e. The minimum Gasteiger partial charge on any atom is -0.403 e. The van der Waals surface area contributed by atoms with Crippen LogP contribution in [0.5, 0.6) is 0 Å². The standard InChI is InChI=1S/C26H36B2O4/c1-22(2)23(3,4)30-27(29-22)21-16-12-13-18-26(21,19-17-20-14-10-9-11-15-20)28-31-24(5,6)25(7,8)32-28/h9-19,21H,1-8H3/b19-17-/t21-,26-/m0/s1. The number of rotatable bonds is 4. The van der Waals surface area contributed by atoms with Crippen molar-refractivity contribution in [2.45, 2.75) is 88.9 Å². The summed E-state index contributed by atoms with van der Waals surface area (Å²) in [5.74, 6) is -0.122. The Balaban J connectivity index is 1.78. The van der Waals surface area contributed by atoms with E-state index in [1.54, 1.807) is 0 Å². The lowest BCUT2D eigenvalue weighted by Gasteiger charge is -2.38. The zero-order chi connectivity index (χ0) is 23.4. The van der Waals surface area contributed by atoms with Crippen molar-refractivity contribution in [3.8, 4) is 0 Å². The van der Waals surface area contributed by atoms with Crippen LogP contribution < -0.4 is 0 Å². The molecule has 0 aromatic heterocycles. The average molecular weight is 434 g/mol. The number of hydrogen-bond donors (Lipinski definition) is 0. The fourth-order valence-corrected chi connectivity index (χ4v) is 4.38. The van der Waals surface area contributed by atoms with E-state index in [4.69, 9.17) is 18.6 Å². The molecule has 2 saturated heterocycles. The van der Waals surface area contributed by atoms with Crippen molar-refractivity contribution in [2.75, 3.05) is 0 Å². The molecule has 0 bridgehead atoms. The molecule has 0 saturated carbocycles. The van der Waals surface area contributed by atoms with E-state index >= 15 is 0 Å². The number of benzene rings is 1. The monoisotopic (exact) mass is 434 g/mol. The Labute approximate surface area is 194 Å². The molecule has 0 N–H and O–H groups in total. The Bertz CT molecular complexity index is 900. The van der Waals surface area contributed by atoms with Crippen LogP contribution in [0.1, 0.15) is 61.0 Å². The second-order valence-corrected chi connectivity index (χ2v) is 11.2. The van der Waals surface area contributed by atoms with Gasteiger partial charge in [0.2, 0.25) is 0 Å². The molecule has 2 fully saturated rings. The quantitative estimate of drug-likeness (QED) is 0.535. The molecule has 0 spiro atoms. The minimum atomic E-state index is -0.600. The SMILES string of the molecule is CC1(C)OB([C@H]2C=CC=C[C@@]2(/C=C\c2ccccc2)B2OC(C)(C)C(C)(C)O2)OC1(C)C. The normalized spacial score (nSPS) is 32.2. The summed E-state index contributed by atoms with van der Waals surface area (Å²) in [5, 5.41) is -0.600. The van der Waals surface area contributed by atoms with Gasteiger partial charge >= 0.3 is 14.2 Å². The van der Waals surface area contributed by atoms with Gasteiger partial charge in [0.05, 0.1) is 22.4 Å². The Kier molecular flexibility index (Phi) is 5.69. The van der Waals surface area contributed by atoms with E-state index in [2.05, 4.69) is 104 Å². The molecule has 0 amide bonds. The summed E-state index contributed by atoms with van der Waals surface area (Å²) in [6, 6.07) is 10.3. The van der Waals surface area contributed by atoms with Gasteiger partial charge in [0.1, 0.15) is 0 Å². The maximum atomic E-state index is 6.62. The summed E-state index contributed by atoms with van der Waals surface area (Å²) in [5.41, 5.74) is -0.602. The van der Waals surface area contributed by atoms with Crippen LogP contribution in [0, 0.1) is 0 Å². The third-order valence-electron chi connectivity index (χ3n) is 7.98. The zero-order valence-electron chi connectivity index (χ0n) is 20.7. The van der Waals surface area contributed by atoms with Gasteiger partial charge in [-0.3, -0.25) is 0 Å². The van der Waals surface area contributed by atoms with Gasteiger partial charge in [-0.1, -0.05) is 66.8 Å². The van der Waals surface area contributed by atoms with Crippen molar-refractivity contribution < 1.29 is 18.6 Å². The third kappa shape index (κ3) is 3.85. The number of hydrogen-bond acceptors (Lipinski definition) is 4. The molecule has 2 aliphatic heterocycles.